The molecule has 1 aromatic rings. The first-order valence-electron chi connectivity index (χ1n) is 6.31. The third-order valence-electron chi connectivity index (χ3n) is 2.58. The van der Waals surface area contributed by atoms with Gasteiger partial charge in [0, 0.05) is 26.7 Å². The number of aromatic nitrogens is 1. The number of nitrogens with one attached hydrogen (secondary N) is 1. The molecule has 1 unspecified atom stereocenters. The SMILES string of the molecule is CCNc1ccc(Cl)c(CN(C)CC(O)COC)n1. The largest absolute Gasteiger partial charge is 0.389 e. The Morgan fingerprint density at radius 3 is 2.89 bits per heavy atom. The molecular formula is C13H22ClN3O2. The molecule has 2 N–H and O–H groups in total. The number of anilines is 1. The Labute approximate surface area is 119 Å². The fourth-order valence-electron chi connectivity index (χ4n) is 1.80. The van der Waals surface area contributed by atoms with Crippen molar-refractivity contribution in [1.82, 2.24) is 9.88 Å². The van der Waals surface area contributed by atoms with Crippen LogP contribution in [0.1, 0.15) is 12.6 Å². The molecule has 0 saturated carbocycles. The van der Waals surface area contributed by atoms with E-state index in [1.807, 2.05) is 31.0 Å². The van der Waals surface area contributed by atoms with Crippen molar-refractivity contribution in [2.75, 3.05) is 39.2 Å². The van der Waals surface area contributed by atoms with Gasteiger partial charge in [-0.05, 0) is 26.1 Å². The minimum absolute atomic E-state index is 0.322. The van der Waals surface area contributed by atoms with Crippen molar-refractivity contribution in [2.24, 2.45) is 0 Å². The van der Waals surface area contributed by atoms with Gasteiger partial charge in [-0.3, -0.25) is 4.90 Å². The molecule has 0 aliphatic heterocycles. The zero-order chi connectivity index (χ0) is 14.3. The number of pyridine rings is 1. The average molecular weight is 288 g/mol. The van der Waals surface area contributed by atoms with Gasteiger partial charge in [0.25, 0.3) is 0 Å². The third-order valence-corrected chi connectivity index (χ3v) is 2.92. The smallest absolute Gasteiger partial charge is 0.126 e. The molecule has 1 aromatic heterocycles. The molecule has 1 atom stereocenters. The van der Waals surface area contributed by atoms with Crippen LogP contribution in [0.3, 0.4) is 0 Å². The van der Waals surface area contributed by atoms with E-state index in [9.17, 15) is 5.11 Å². The summed E-state index contributed by atoms with van der Waals surface area (Å²) in [5.41, 5.74) is 0.798. The lowest BCUT2D eigenvalue weighted by Gasteiger charge is -2.20. The van der Waals surface area contributed by atoms with Crippen LogP contribution in [0.5, 0.6) is 0 Å². The zero-order valence-corrected chi connectivity index (χ0v) is 12.4. The van der Waals surface area contributed by atoms with Crippen LogP contribution in [-0.2, 0) is 11.3 Å². The van der Waals surface area contributed by atoms with Gasteiger partial charge in [0.2, 0.25) is 0 Å². The van der Waals surface area contributed by atoms with Crippen LogP contribution < -0.4 is 5.32 Å². The van der Waals surface area contributed by atoms with E-state index in [-0.39, 0.29) is 0 Å². The molecule has 0 bridgehead atoms. The van der Waals surface area contributed by atoms with E-state index in [4.69, 9.17) is 16.3 Å². The standard InChI is InChI=1S/C13H22ClN3O2/c1-4-15-13-6-5-11(14)12(16-13)8-17(2)7-10(18)9-19-3/h5-6,10,18H,4,7-9H2,1-3H3,(H,15,16). The lowest BCUT2D eigenvalue weighted by atomic mass is 10.3. The van der Waals surface area contributed by atoms with Crippen LogP contribution in [0.15, 0.2) is 12.1 Å². The summed E-state index contributed by atoms with van der Waals surface area (Å²) in [5, 5.41) is 13.5. The topological polar surface area (TPSA) is 57.6 Å². The van der Waals surface area contributed by atoms with E-state index < -0.39 is 6.10 Å². The fourth-order valence-corrected chi connectivity index (χ4v) is 1.96. The number of halogens is 1. The average Bonchev–Trinajstić information content (AvgIpc) is 2.34. The number of likely N-dealkylation sites (N-methyl/N-ethyl adjacent to an activating group) is 1. The predicted molar refractivity (Wildman–Crippen MR) is 77.6 cm³/mol. The normalized spacial score (nSPS) is 12.7. The molecule has 5 nitrogen and oxygen atoms in total. The molecule has 1 heterocycles. The van der Waals surface area contributed by atoms with Gasteiger partial charge in [-0.1, -0.05) is 11.6 Å². The Morgan fingerprint density at radius 1 is 1.53 bits per heavy atom. The fraction of sp³-hybridized carbons (Fsp3) is 0.615. The van der Waals surface area contributed by atoms with E-state index >= 15 is 0 Å². The van der Waals surface area contributed by atoms with Gasteiger partial charge in [-0.25, -0.2) is 4.98 Å². The summed E-state index contributed by atoms with van der Waals surface area (Å²) in [5.74, 6) is 0.813. The monoisotopic (exact) mass is 287 g/mol. The number of aliphatic hydroxyl groups is 1. The lowest BCUT2D eigenvalue weighted by Crippen LogP contribution is -2.31. The second-order valence-electron chi connectivity index (χ2n) is 4.46. The summed E-state index contributed by atoms with van der Waals surface area (Å²) >= 11 is 6.13. The van der Waals surface area contributed by atoms with Gasteiger partial charge in [-0.15, -0.1) is 0 Å². The molecule has 0 amide bonds. The molecule has 0 aromatic carbocycles. The van der Waals surface area contributed by atoms with Gasteiger partial charge in [0.1, 0.15) is 5.82 Å². The Morgan fingerprint density at radius 2 is 2.26 bits per heavy atom. The minimum Gasteiger partial charge on any atom is -0.389 e. The Bertz CT molecular complexity index is 390. The molecule has 0 aliphatic carbocycles. The first-order valence-corrected chi connectivity index (χ1v) is 6.69. The van der Waals surface area contributed by atoms with Crippen molar-refractivity contribution in [3.63, 3.8) is 0 Å². The second kappa shape index (κ2) is 8.32. The van der Waals surface area contributed by atoms with Crippen molar-refractivity contribution in [2.45, 2.75) is 19.6 Å². The maximum atomic E-state index is 9.67. The highest BCUT2D eigenvalue weighted by molar-refractivity contribution is 6.31. The van der Waals surface area contributed by atoms with Crippen molar-refractivity contribution in [3.05, 3.63) is 22.8 Å². The second-order valence-corrected chi connectivity index (χ2v) is 4.87. The van der Waals surface area contributed by atoms with Crippen LogP contribution in [0.25, 0.3) is 0 Å². The van der Waals surface area contributed by atoms with Crippen molar-refractivity contribution in [1.29, 1.82) is 0 Å². The molecule has 0 fully saturated rings. The molecule has 0 aliphatic rings. The number of methoxy groups -OCH3 is 1. The maximum absolute atomic E-state index is 9.67. The highest BCUT2D eigenvalue weighted by Crippen LogP contribution is 2.18. The highest BCUT2D eigenvalue weighted by Gasteiger charge is 2.11. The molecule has 1 rings (SSSR count). The molecule has 108 valence electrons. The minimum atomic E-state index is -0.509. The molecule has 19 heavy (non-hydrogen) atoms. The lowest BCUT2D eigenvalue weighted by molar-refractivity contribution is 0.0417. The molecular weight excluding hydrogens is 266 g/mol. The summed E-state index contributed by atoms with van der Waals surface area (Å²) < 4.78 is 4.90. The van der Waals surface area contributed by atoms with Crippen molar-refractivity contribution >= 4 is 17.4 Å². The summed E-state index contributed by atoms with van der Waals surface area (Å²) in [4.78, 5) is 6.42. The third kappa shape index (κ3) is 5.74. The van der Waals surface area contributed by atoms with E-state index in [1.54, 1.807) is 7.11 Å². The quantitative estimate of drug-likeness (QED) is 0.761. The van der Waals surface area contributed by atoms with Crippen LogP contribution in [0, 0.1) is 0 Å². The maximum Gasteiger partial charge on any atom is 0.126 e. The highest BCUT2D eigenvalue weighted by atomic mass is 35.5. The van der Waals surface area contributed by atoms with Gasteiger partial charge in [-0.2, -0.15) is 0 Å². The summed E-state index contributed by atoms with van der Waals surface area (Å²) in [6, 6.07) is 3.69. The Kier molecular flexibility index (Phi) is 7.09. The number of rotatable bonds is 8. The number of aliphatic hydroxyl groups excluding tert-OH is 1. The van der Waals surface area contributed by atoms with Crippen LogP contribution in [0.4, 0.5) is 5.82 Å². The van der Waals surface area contributed by atoms with E-state index in [1.165, 1.54) is 0 Å². The van der Waals surface area contributed by atoms with Crippen LogP contribution >= 0.6 is 11.6 Å². The molecule has 0 saturated heterocycles. The first kappa shape index (κ1) is 16.2. The number of ether oxygens (including phenoxy) is 1. The summed E-state index contributed by atoms with van der Waals surface area (Å²) in [6.07, 6.45) is -0.509. The summed E-state index contributed by atoms with van der Waals surface area (Å²) in [6.45, 7) is 4.25. The van der Waals surface area contributed by atoms with Crippen LogP contribution in [0.2, 0.25) is 5.02 Å². The Hall–Kier alpha value is -0.880. The molecule has 0 radical (unpaired) electrons. The van der Waals surface area contributed by atoms with Crippen molar-refractivity contribution < 1.29 is 9.84 Å². The van der Waals surface area contributed by atoms with E-state index in [2.05, 4.69) is 10.3 Å². The Balaban J connectivity index is 2.62. The molecule has 6 heteroatoms. The van der Waals surface area contributed by atoms with Crippen molar-refractivity contribution in [3.8, 4) is 0 Å². The predicted octanol–water partition coefficient (Wildman–Crippen LogP) is 1.61. The summed E-state index contributed by atoms with van der Waals surface area (Å²) in [7, 11) is 3.48. The van der Waals surface area contributed by atoms with Gasteiger partial charge in [0.05, 0.1) is 23.4 Å². The van der Waals surface area contributed by atoms with E-state index in [0.29, 0.717) is 24.7 Å². The number of hydrogen-bond acceptors (Lipinski definition) is 5. The number of hydrogen-bond donors (Lipinski definition) is 2. The zero-order valence-electron chi connectivity index (χ0n) is 11.7. The first-order chi connectivity index (χ1) is 9.06. The van der Waals surface area contributed by atoms with Gasteiger partial charge < -0.3 is 15.2 Å². The van der Waals surface area contributed by atoms with Crippen LogP contribution in [-0.4, -0.2) is 54.9 Å². The van der Waals surface area contributed by atoms with Gasteiger partial charge >= 0.3 is 0 Å². The molecule has 0 spiro atoms. The van der Waals surface area contributed by atoms with E-state index in [0.717, 1.165) is 18.1 Å². The number of nitrogens with zero attached hydrogens (tertiary/aromatic N) is 2. The van der Waals surface area contributed by atoms with Gasteiger partial charge in [0.15, 0.2) is 0 Å².